The zero-order chi connectivity index (χ0) is 15.2. The number of rotatable bonds is 8. The van der Waals surface area contributed by atoms with E-state index in [9.17, 15) is 12.6 Å². The highest BCUT2D eigenvalue weighted by Crippen LogP contribution is 2.17. The Hall–Kier alpha value is -0.880. The number of sulfone groups is 1. The smallest absolute Gasteiger partial charge is 0.178 e. The Morgan fingerprint density at radius 2 is 1.85 bits per heavy atom. The Morgan fingerprint density at radius 3 is 2.35 bits per heavy atom. The van der Waals surface area contributed by atoms with Crippen LogP contribution >= 0.6 is 0 Å². The van der Waals surface area contributed by atoms with E-state index < -0.39 is 20.6 Å². The maximum atomic E-state index is 11.9. The van der Waals surface area contributed by atoms with Crippen LogP contribution in [0.1, 0.15) is 26.7 Å². The van der Waals surface area contributed by atoms with E-state index in [1.807, 2.05) is 13.8 Å². The van der Waals surface area contributed by atoms with Crippen molar-refractivity contribution in [1.82, 2.24) is 0 Å². The van der Waals surface area contributed by atoms with Gasteiger partial charge in [0.1, 0.15) is 0 Å². The third kappa shape index (κ3) is 5.63. The van der Waals surface area contributed by atoms with Crippen LogP contribution in [0.5, 0.6) is 0 Å². The Kier molecular flexibility index (Phi) is 6.68. The first-order chi connectivity index (χ1) is 9.35. The molecule has 20 heavy (non-hydrogen) atoms. The molecule has 0 spiro atoms. The molecule has 0 amide bonds. The molecule has 0 bridgehead atoms. The molecule has 0 aliphatic rings. The highest BCUT2D eigenvalue weighted by atomic mass is 32.2. The lowest BCUT2D eigenvalue weighted by atomic mass is 10.2. The normalized spacial score (nSPS) is 14.8. The van der Waals surface area contributed by atoms with E-state index in [0.717, 1.165) is 12.1 Å². The Bertz CT molecular complexity index is 538. The van der Waals surface area contributed by atoms with Crippen molar-refractivity contribution in [3.8, 4) is 0 Å². The lowest BCUT2D eigenvalue weighted by Crippen LogP contribution is -2.17. The molecule has 1 rings (SSSR count). The monoisotopic (exact) mass is 317 g/mol. The summed E-state index contributed by atoms with van der Waals surface area (Å²) in [6, 6.07) is 7.04. The third-order valence-corrected chi connectivity index (χ3v) is 5.68. The van der Waals surface area contributed by atoms with Crippen LogP contribution in [-0.4, -0.2) is 36.4 Å². The highest BCUT2D eigenvalue weighted by molar-refractivity contribution is 7.91. The van der Waals surface area contributed by atoms with E-state index in [4.69, 9.17) is 0 Å². The summed E-state index contributed by atoms with van der Waals surface area (Å²) in [5, 5.41) is 3.28. The molecule has 1 N–H and O–H groups in total. The van der Waals surface area contributed by atoms with Gasteiger partial charge in [0.25, 0.3) is 0 Å². The van der Waals surface area contributed by atoms with Gasteiger partial charge in [0.05, 0.1) is 10.6 Å². The lowest BCUT2D eigenvalue weighted by Gasteiger charge is -2.15. The van der Waals surface area contributed by atoms with Crippen molar-refractivity contribution in [2.45, 2.75) is 37.6 Å². The van der Waals surface area contributed by atoms with E-state index in [1.165, 1.54) is 0 Å². The second kappa shape index (κ2) is 7.78. The lowest BCUT2D eigenvalue weighted by molar-refractivity contribution is 0.594. The van der Waals surface area contributed by atoms with Crippen LogP contribution in [0.4, 0.5) is 5.69 Å². The fourth-order valence-electron chi connectivity index (χ4n) is 1.84. The Balaban J connectivity index is 2.65. The van der Waals surface area contributed by atoms with Gasteiger partial charge >= 0.3 is 0 Å². The molecular weight excluding hydrogens is 294 g/mol. The summed E-state index contributed by atoms with van der Waals surface area (Å²) in [6.07, 6.45) is 3.13. The maximum Gasteiger partial charge on any atom is 0.178 e. The summed E-state index contributed by atoms with van der Waals surface area (Å²) in [7, 11) is -3.93. The molecule has 0 heterocycles. The van der Waals surface area contributed by atoms with E-state index in [2.05, 4.69) is 5.32 Å². The second-order valence-electron chi connectivity index (χ2n) is 4.95. The quantitative estimate of drug-likeness (QED) is 0.800. The molecule has 0 radical (unpaired) electrons. The van der Waals surface area contributed by atoms with E-state index in [0.29, 0.717) is 17.1 Å². The first kappa shape index (κ1) is 17.2. The first-order valence-corrected chi connectivity index (χ1v) is 10.1. The minimum atomic E-state index is -3.15. The number of anilines is 1. The predicted molar refractivity (Wildman–Crippen MR) is 85.4 cm³/mol. The SMILES string of the molecule is CCCS(=O)(=O)c1ccc(NC(C)CCS(C)=O)cc1. The first-order valence-electron chi connectivity index (χ1n) is 6.74. The molecule has 0 aliphatic heterocycles. The van der Waals surface area contributed by atoms with Gasteiger partial charge in [-0.15, -0.1) is 0 Å². The summed E-state index contributed by atoms with van der Waals surface area (Å²) in [5.41, 5.74) is 0.884. The van der Waals surface area contributed by atoms with Crippen molar-refractivity contribution in [2.75, 3.05) is 23.1 Å². The van der Waals surface area contributed by atoms with Crippen LogP contribution in [0.3, 0.4) is 0 Å². The minimum absolute atomic E-state index is 0.179. The van der Waals surface area contributed by atoms with Gasteiger partial charge in [0.2, 0.25) is 0 Å². The molecule has 0 saturated heterocycles. The van der Waals surface area contributed by atoms with Gasteiger partial charge in [-0.05, 0) is 44.0 Å². The minimum Gasteiger partial charge on any atom is -0.383 e. The number of benzene rings is 1. The van der Waals surface area contributed by atoms with E-state index in [1.54, 1.807) is 30.5 Å². The predicted octanol–water partition coefficient (Wildman–Crippen LogP) is 2.44. The van der Waals surface area contributed by atoms with Gasteiger partial charge in [-0.1, -0.05) is 6.92 Å². The zero-order valence-corrected chi connectivity index (χ0v) is 13.9. The molecule has 114 valence electrons. The van der Waals surface area contributed by atoms with Crippen molar-refractivity contribution < 1.29 is 12.6 Å². The fourth-order valence-corrected chi connectivity index (χ4v) is 3.85. The van der Waals surface area contributed by atoms with E-state index in [-0.39, 0.29) is 11.8 Å². The average Bonchev–Trinajstić information content (AvgIpc) is 2.37. The van der Waals surface area contributed by atoms with Crippen molar-refractivity contribution in [3.05, 3.63) is 24.3 Å². The molecule has 0 aliphatic carbocycles. The summed E-state index contributed by atoms with van der Waals surface area (Å²) in [4.78, 5) is 0.368. The molecular formula is C14H23NO3S2. The molecule has 2 atom stereocenters. The number of hydrogen-bond acceptors (Lipinski definition) is 4. The topological polar surface area (TPSA) is 63.2 Å². The van der Waals surface area contributed by atoms with Gasteiger partial charge in [-0.3, -0.25) is 4.21 Å². The Morgan fingerprint density at radius 1 is 1.25 bits per heavy atom. The molecule has 4 nitrogen and oxygen atoms in total. The van der Waals surface area contributed by atoms with Crippen LogP contribution in [0.25, 0.3) is 0 Å². The van der Waals surface area contributed by atoms with Crippen LogP contribution in [0, 0.1) is 0 Å². The molecule has 0 saturated carbocycles. The summed E-state index contributed by atoms with van der Waals surface area (Å²) < 4.78 is 34.8. The summed E-state index contributed by atoms with van der Waals surface area (Å²) >= 11 is 0. The van der Waals surface area contributed by atoms with Crippen LogP contribution in [0.2, 0.25) is 0 Å². The standard InChI is InChI=1S/C14H23NO3S2/c1-4-11-20(17,18)14-7-5-13(6-8-14)15-12(2)9-10-19(3)16/h5-8,12,15H,4,9-11H2,1-3H3. The van der Waals surface area contributed by atoms with Gasteiger partial charge in [-0.25, -0.2) is 8.42 Å². The molecule has 1 aromatic carbocycles. The third-order valence-electron chi connectivity index (χ3n) is 2.94. The molecule has 0 aromatic heterocycles. The van der Waals surface area contributed by atoms with Crippen molar-refractivity contribution in [2.24, 2.45) is 0 Å². The molecule has 2 unspecified atom stereocenters. The largest absolute Gasteiger partial charge is 0.383 e. The van der Waals surface area contributed by atoms with Gasteiger partial charge in [0, 0.05) is 34.5 Å². The summed E-state index contributed by atoms with van der Waals surface area (Å²) in [5.74, 6) is 0.843. The number of hydrogen-bond donors (Lipinski definition) is 1. The van der Waals surface area contributed by atoms with Gasteiger partial charge < -0.3 is 5.32 Å². The van der Waals surface area contributed by atoms with Crippen LogP contribution < -0.4 is 5.32 Å². The number of nitrogens with one attached hydrogen (secondary N) is 1. The zero-order valence-electron chi connectivity index (χ0n) is 12.3. The van der Waals surface area contributed by atoms with Crippen molar-refractivity contribution in [1.29, 1.82) is 0 Å². The second-order valence-corrected chi connectivity index (χ2v) is 8.62. The fraction of sp³-hybridized carbons (Fsp3) is 0.571. The molecule has 6 heteroatoms. The Labute approximate surface area is 124 Å². The molecule has 0 fully saturated rings. The average molecular weight is 317 g/mol. The van der Waals surface area contributed by atoms with Crippen molar-refractivity contribution in [3.63, 3.8) is 0 Å². The van der Waals surface area contributed by atoms with Crippen LogP contribution in [-0.2, 0) is 20.6 Å². The highest BCUT2D eigenvalue weighted by Gasteiger charge is 2.12. The van der Waals surface area contributed by atoms with Gasteiger partial charge in [0.15, 0.2) is 9.84 Å². The maximum absolute atomic E-state index is 11.9. The van der Waals surface area contributed by atoms with Crippen LogP contribution in [0.15, 0.2) is 29.2 Å². The van der Waals surface area contributed by atoms with Crippen molar-refractivity contribution >= 4 is 26.3 Å². The van der Waals surface area contributed by atoms with Gasteiger partial charge in [-0.2, -0.15) is 0 Å². The van der Waals surface area contributed by atoms with E-state index >= 15 is 0 Å². The summed E-state index contributed by atoms with van der Waals surface area (Å²) in [6.45, 7) is 3.88. The molecule has 1 aromatic rings.